The highest BCUT2D eigenvalue weighted by atomic mass is 16.2. The van der Waals surface area contributed by atoms with Gasteiger partial charge in [-0.1, -0.05) is 26.0 Å². The molecule has 0 aliphatic rings. The second-order valence-corrected chi connectivity index (χ2v) is 5.21. The summed E-state index contributed by atoms with van der Waals surface area (Å²) < 4.78 is 0. The lowest BCUT2D eigenvalue weighted by Crippen LogP contribution is -2.35. The molecule has 2 amide bonds. The van der Waals surface area contributed by atoms with Crippen LogP contribution in [-0.4, -0.2) is 18.6 Å². The third kappa shape index (κ3) is 5.61. The minimum Gasteiger partial charge on any atom is -0.335 e. The molecule has 112 valence electrons. The number of hydrogen-bond donors (Lipinski definition) is 3. The van der Waals surface area contributed by atoms with E-state index in [4.69, 9.17) is 0 Å². The van der Waals surface area contributed by atoms with Crippen LogP contribution in [0, 0.1) is 0 Å². The summed E-state index contributed by atoms with van der Waals surface area (Å²) in [4.78, 5) is 11.8. The molecule has 4 heteroatoms. The van der Waals surface area contributed by atoms with E-state index in [1.54, 1.807) is 0 Å². The second-order valence-electron chi connectivity index (χ2n) is 5.21. The van der Waals surface area contributed by atoms with Crippen LogP contribution in [0.1, 0.15) is 52.1 Å². The Bertz CT molecular complexity index is 420. The van der Waals surface area contributed by atoms with Gasteiger partial charge in [0.15, 0.2) is 0 Å². The van der Waals surface area contributed by atoms with Gasteiger partial charge in [0.25, 0.3) is 0 Å². The molecule has 0 fully saturated rings. The molecule has 0 aliphatic carbocycles. The van der Waals surface area contributed by atoms with Gasteiger partial charge in [-0.05, 0) is 50.9 Å². The van der Waals surface area contributed by atoms with Crippen LogP contribution < -0.4 is 16.0 Å². The van der Waals surface area contributed by atoms with Crippen LogP contribution in [0.15, 0.2) is 24.3 Å². The van der Waals surface area contributed by atoms with E-state index in [9.17, 15) is 4.79 Å². The summed E-state index contributed by atoms with van der Waals surface area (Å²) >= 11 is 0. The number of benzene rings is 1. The van der Waals surface area contributed by atoms with Gasteiger partial charge in [0, 0.05) is 17.8 Å². The maximum atomic E-state index is 11.8. The first-order chi connectivity index (χ1) is 9.56. The van der Waals surface area contributed by atoms with Crippen LogP contribution in [-0.2, 0) is 0 Å². The van der Waals surface area contributed by atoms with Crippen molar-refractivity contribution in [2.75, 3.05) is 11.9 Å². The van der Waals surface area contributed by atoms with E-state index in [1.165, 1.54) is 5.56 Å². The normalized spacial score (nSPS) is 13.6. The first kappa shape index (κ1) is 16.5. The third-order valence-corrected chi connectivity index (χ3v) is 3.33. The fourth-order valence-corrected chi connectivity index (χ4v) is 1.86. The van der Waals surface area contributed by atoms with E-state index in [1.807, 2.05) is 32.0 Å². The summed E-state index contributed by atoms with van der Waals surface area (Å²) in [5, 5.41) is 9.22. The predicted molar refractivity (Wildman–Crippen MR) is 85.1 cm³/mol. The maximum Gasteiger partial charge on any atom is 0.319 e. The summed E-state index contributed by atoms with van der Waals surface area (Å²) in [5.74, 6) is 0. The lowest BCUT2D eigenvalue weighted by molar-refractivity contribution is 0.249. The molecule has 2 unspecified atom stereocenters. The third-order valence-electron chi connectivity index (χ3n) is 3.33. The Morgan fingerprint density at radius 2 is 2.00 bits per heavy atom. The number of rotatable bonds is 7. The number of urea groups is 1. The van der Waals surface area contributed by atoms with Gasteiger partial charge in [0.2, 0.25) is 0 Å². The number of amides is 2. The van der Waals surface area contributed by atoms with Crippen molar-refractivity contribution < 1.29 is 4.79 Å². The fraction of sp³-hybridized carbons (Fsp3) is 0.562. The summed E-state index contributed by atoms with van der Waals surface area (Å²) in [5.41, 5.74) is 2.01. The van der Waals surface area contributed by atoms with Crippen molar-refractivity contribution in [3.8, 4) is 0 Å². The first-order valence-electron chi connectivity index (χ1n) is 7.47. The Morgan fingerprint density at radius 1 is 1.25 bits per heavy atom. The molecule has 3 N–H and O–H groups in total. The van der Waals surface area contributed by atoms with Crippen LogP contribution in [0.25, 0.3) is 0 Å². The monoisotopic (exact) mass is 277 g/mol. The van der Waals surface area contributed by atoms with Crippen LogP contribution in [0.3, 0.4) is 0 Å². The van der Waals surface area contributed by atoms with E-state index < -0.39 is 0 Å². The molecular formula is C16H27N3O. The van der Waals surface area contributed by atoms with Crippen molar-refractivity contribution in [2.24, 2.45) is 0 Å². The summed E-state index contributed by atoms with van der Waals surface area (Å²) in [6, 6.07) is 8.29. The summed E-state index contributed by atoms with van der Waals surface area (Å²) in [7, 11) is 0. The van der Waals surface area contributed by atoms with Crippen LogP contribution in [0.4, 0.5) is 10.5 Å². The highest BCUT2D eigenvalue weighted by Crippen LogP contribution is 2.17. The molecular weight excluding hydrogens is 250 g/mol. The van der Waals surface area contributed by atoms with Gasteiger partial charge in [-0.2, -0.15) is 0 Å². The predicted octanol–water partition coefficient (Wildman–Crippen LogP) is 3.67. The zero-order valence-electron chi connectivity index (χ0n) is 13.0. The molecule has 0 bridgehead atoms. The molecule has 1 aromatic carbocycles. The van der Waals surface area contributed by atoms with Gasteiger partial charge in [-0.3, -0.25) is 0 Å². The van der Waals surface area contributed by atoms with Gasteiger partial charge < -0.3 is 16.0 Å². The minimum atomic E-state index is -0.148. The molecule has 0 heterocycles. The maximum absolute atomic E-state index is 11.8. The molecule has 2 atom stereocenters. The molecule has 0 aliphatic heterocycles. The molecule has 0 saturated carbocycles. The van der Waals surface area contributed by atoms with Gasteiger partial charge in [-0.15, -0.1) is 0 Å². The number of carbonyl (C=O) groups excluding carboxylic acids is 1. The van der Waals surface area contributed by atoms with Gasteiger partial charge in [-0.25, -0.2) is 4.79 Å². The Hall–Kier alpha value is -1.55. The van der Waals surface area contributed by atoms with Crippen LogP contribution in [0.5, 0.6) is 0 Å². The second kappa shape index (κ2) is 8.59. The SMILES string of the molecule is CCCNC(C)c1cccc(NC(=O)NC(C)CC)c1. The zero-order chi connectivity index (χ0) is 15.0. The smallest absolute Gasteiger partial charge is 0.319 e. The topological polar surface area (TPSA) is 53.2 Å². The molecule has 0 saturated heterocycles. The van der Waals surface area contributed by atoms with E-state index in [-0.39, 0.29) is 18.1 Å². The van der Waals surface area contributed by atoms with E-state index in [0.29, 0.717) is 0 Å². The molecule has 20 heavy (non-hydrogen) atoms. The van der Waals surface area contributed by atoms with Gasteiger partial charge >= 0.3 is 6.03 Å². The van der Waals surface area contributed by atoms with Gasteiger partial charge in [0.05, 0.1) is 0 Å². The average Bonchev–Trinajstić information content (AvgIpc) is 2.44. The van der Waals surface area contributed by atoms with E-state index in [2.05, 4.69) is 35.9 Å². The van der Waals surface area contributed by atoms with Crippen molar-refractivity contribution in [1.29, 1.82) is 0 Å². The number of anilines is 1. The molecule has 1 aromatic rings. The quantitative estimate of drug-likeness (QED) is 0.712. The molecule has 0 aromatic heterocycles. The minimum absolute atomic E-state index is 0.148. The summed E-state index contributed by atoms with van der Waals surface area (Å²) in [6.07, 6.45) is 2.03. The van der Waals surface area contributed by atoms with E-state index in [0.717, 1.165) is 25.1 Å². The molecule has 0 spiro atoms. The van der Waals surface area contributed by atoms with Crippen molar-refractivity contribution in [1.82, 2.24) is 10.6 Å². The molecule has 4 nitrogen and oxygen atoms in total. The highest BCUT2D eigenvalue weighted by Gasteiger charge is 2.08. The number of hydrogen-bond acceptors (Lipinski definition) is 2. The number of carbonyl (C=O) groups is 1. The Kier molecular flexibility index (Phi) is 7.09. The lowest BCUT2D eigenvalue weighted by Gasteiger charge is -2.16. The van der Waals surface area contributed by atoms with Crippen molar-refractivity contribution >= 4 is 11.7 Å². The lowest BCUT2D eigenvalue weighted by atomic mass is 10.1. The standard InChI is InChI=1S/C16H27N3O/c1-5-10-17-13(4)14-8-7-9-15(11-14)19-16(20)18-12(3)6-2/h7-9,11-13,17H,5-6,10H2,1-4H3,(H2,18,19,20). The molecule has 1 rings (SSSR count). The first-order valence-corrected chi connectivity index (χ1v) is 7.47. The van der Waals surface area contributed by atoms with Crippen molar-refractivity contribution in [2.45, 2.75) is 52.6 Å². The Labute approximate surface area is 122 Å². The van der Waals surface area contributed by atoms with Gasteiger partial charge in [0.1, 0.15) is 0 Å². The van der Waals surface area contributed by atoms with Crippen LogP contribution >= 0.6 is 0 Å². The summed E-state index contributed by atoms with van der Waals surface area (Å²) in [6.45, 7) is 9.32. The largest absolute Gasteiger partial charge is 0.335 e. The van der Waals surface area contributed by atoms with Crippen molar-refractivity contribution in [3.63, 3.8) is 0 Å². The average molecular weight is 277 g/mol. The van der Waals surface area contributed by atoms with E-state index >= 15 is 0 Å². The van der Waals surface area contributed by atoms with Crippen LogP contribution in [0.2, 0.25) is 0 Å². The zero-order valence-corrected chi connectivity index (χ0v) is 13.0. The highest BCUT2D eigenvalue weighted by molar-refractivity contribution is 5.89. The number of nitrogens with one attached hydrogen (secondary N) is 3. The Balaban J connectivity index is 2.61. The molecule has 0 radical (unpaired) electrons. The van der Waals surface area contributed by atoms with Crippen molar-refractivity contribution in [3.05, 3.63) is 29.8 Å². The fourth-order valence-electron chi connectivity index (χ4n) is 1.86. The Morgan fingerprint density at radius 3 is 2.65 bits per heavy atom.